The van der Waals surface area contributed by atoms with E-state index in [0.29, 0.717) is 35.4 Å². The van der Waals surface area contributed by atoms with Crippen molar-refractivity contribution in [1.29, 1.82) is 0 Å². The van der Waals surface area contributed by atoms with Crippen molar-refractivity contribution in [3.05, 3.63) is 40.4 Å². The molecule has 2 aromatic rings. The highest BCUT2D eigenvalue weighted by Crippen LogP contribution is 2.35. The average molecular weight is 430 g/mol. The molecule has 0 unspecified atom stereocenters. The van der Waals surface area contributed by atoms with Gasteiger partial charge in [-0.3, -0.25) is 14.5 Å². The second-order valence-corrected chi connectivity index (χ2v) is 8.55. The molecule has 0 radical (unpaired) electrons. The minimum absolute atomic E-state index is 0.0470. The number of thiocarbonyl (C=S) groups is 1. The molecule has 0 aliphatic carbocycles. The smallest absolute Gasteiger partial charge is 0.266 e. The van der Waals surface area contributed by atoms with E-state index in [9.17, 15) is 9.59 Å². The van der Waals surface area contributed by atoms with Crippen LogP contribution in [0.1, 0.15) is 38.8 Å². The maximum atomic E-state index is 12.8. The van der Waals surface area contributed by atoms with Crippen LogP contribution in [0, 0.1) is 0 Å². The Morgan fingerprint density at radius 1 is 1.21 bits per heavy atom. The van der Waals surface area contributed by atoms with Crippen molar-refractivity contribution in [3.8, 4) is 0 Å². The van der Waals surface area contributed by atoms with Crippen LogP contribution in [0.5, 0.6) is 0 Å². The van der Waals surface area contributed by atoms with Gasteiger partial charge in [-0.2, -0.15) is 0 Å². The van der Waals surface area contributed by atoms with Gasteiger partial charge in [0.2, 0.25) is 5.91 Å². The van der Waals surface area contributed by atoms with Gasteiger partial charge in [0.15, 0.2) is 0 Å². The van der Waals surface area contributed by atoms with Crippen LogP contribution in [0.25, 0.3) is 17.0 Å². The zero-order valence-corrected chi connectivity index (χ0v) is 19.0. The third-order valence-corrected chi connectivity index (χ3v) is 6.67. The maximum Gasteiger partial charge on any atom is 0.266 e. The quantitative estimate of drug-likeness (QED) is 0.486. The van der Waals surface area contributed by atoms with Gasteiger partial charge in [-0.1, -0.05) is 49.1 Å². The van der Waals surface area contributed by atoms with Crippen LogP contribution in [0.4, 0.5) is 0 Å². The van der Waals surface area contributed by atoms with Crippen molar-refractivity contribution in [2.75, 3.05) is 19.6 Å². The summed E-state index contributed by atoms with van der Waals surface area (Å²) in [4.78, 5) is 29.5. The van der Waals surface area contributed by atoms with Gasteiger partial charge >= 0.3 is 0 Å². The van der Waals surface area contributed by atoms with E-state index in [1.54, 1.807) is 4.90 Å². The highest BCUT2D eigenvalue weighted by molar-refractivity contribution is 8.26. The third kappa shape index (κ3) is 4.12. The van der Waals surface area contributed by atoms with E-state index in [2.05, 4.69) is 19.1 Å². The summed E-state index contributed by atoms with van der Waals surface area (Å²) < 4.78 is 2.62. The van der Waals surface area contributed by atoms with Crippen LogP contribution < -0.4 is 0 Å². The number of amides is 2. The Morgan fingerprint density at radius 3 is 2.52 bits per heavy atom. The third-order valence-electron chi connectivity index (χ3n) is 5.29. The summed E-state index contributed by atoms with van der Waals surface area (Å²) in [7, 11) is 0. The molecule has 5 nitrogen and oxygen atoms in total. The number of benzene rings is 1. The molecule has 1 aliphatic rings. The first-order valence-corrected chi connectivity index (χ1v) is 11.3. The number of hydrogen-bond acceptors (Lipinski definition) is 4. The molecule has 0 bridgehead atoms. The zero-order chi connectivity index (χ0) is 21.1. The molecule has 1 aliphatic heterocycles. The number of nitrogens with zero attached hydrogens (tertiary/aromatic N) is 3. The monoisotopic (exact) mass is 429 g/mol. The lowest BCUT2D eigenvalue weighted by atomic mass is 10.1. The summed E-state index contributed by atoms with van der Waals surface area (Å²) in [5.74, 6) is 0.0518. The lowest BCUT2D eigenvalue weighted by Gasteiger charge is -2.19. The SMILES string of the molecule is CCc1cccc2c(/C=C3\SC(=S)N(CC)C3=O)cn(CC(=O)N(CC)CC)c12. The Bertz CT molecular complexity index is 989. The van der Waals surface area contributed by atoms with Crippen molar-refractivity contribution in [2.24, 2.45) is 0 Å². The lowest BCUT2D eigenvalue weighted by molar-refractivity contribution is -0.131. The fourth-order valence-electron chi connectivity index (χ4n) is 3.73. The zero-order valence-electron chi connectivity index (χ0n) is 17.4. The highest BCUT2D eigenvalue weighted by atomic mass is 32.2. The summed E-state index contributed by atoms with van der Waals surface area (Å²) in [6, 6.07) is 6.19. The Balaban J connectivity index is 2.08. The summed E-state index contributed by atoms with van der Waals surface area (Å²) in [5.41, 5.74) is 3.20. The van der Waals surface area contributed by atoms with E-state index >= 15 is 0 Å². The molecule has 2 heterocycles. The molecule has 0 atom stereocenters. The normalized spacial score (nSPS) is 15.7. The molecule has 3 rings (SSSR count). The Hall–Kier alpha value is -2.12. The number of fused-ring (bicyclic) bond motifs is 1. The number of carbonyl (C=O) groups is 2. The van der Waals surface area contributed by atoms with E-state index in [1.165, 1.54) is 17.3 Å². The summed E-state index contributed by atoms with van der Waals surface area (Å²) in [6.07, 6.45) is 4.77. The minimum atomic E-state index is -0.0470. The molecule has 0 saturated carbocycles. The molecule has 1 aromatic carbocycles. The molecule has 29 heavy (non-hydrogen) atoms. The van der Waals surface area contributed by atoms with Gasteiger partial charge < -0.3 is 9.47 Å². The largest absolute Gasteiger partial charge is 0.342 e. The van der Waals surface area contributed by atoms with Crippen molar-refractivity contribution >= 4 is 57.1 Å². The van der Waals surface area contributed by atoms with Crippen LogP contribution in [-0.2, 0) is 22.6 Å². The first-order chi connectivity index (χ1) is 13.9. The number of likely N-dealkylation sites (N-methyl/N-ethyl adjacent to an activating group) is 2. The number of carbonyl (C=O) groups excluding carboxylic acids is 2. The predicted molar refractivity (Wildman–Crippen MR) is 125 cm³/mol. The van der Waals surface area contributed by atoms with E-state index in [1.807, 2.05) is 48.6 Å². The van der Waals surface area contributed by atoms with Crippen molar-refractivity contribution in [1.82, 2.24) is 14.4 Å². The highest BCUT2D eigenvalue weighted by Gasteiger charge is 2.31. The molecule has 0 spiro atoms. The van der Waals surface area contributed by atoms with E-state index < -0.39 is 0 Å². The average Bonchev–Trinajstić information content (AvgIpc) is 3.19. The van der Waals surface area contributed by atoms with Crippen molar-refractivity contribution in [2.45, 2.75) is 40.7 Å². The van der Waals surface area contributed by atoms with Crippen molar-refractivity contribution < 1.29 is 9.59 Å². The first kappa shape index (κ1) is 21.6. The summed E-state index contributed by atoms with van der Waals surface area (Å²) >= 11 is 6.67. The van der Waals surface area contributed by atoms with Crippen LogP contribution in [0.3, 0.4) is 0 Å². The minimum Gasteiger partial charge on any atom is -0.342 e. The summed E-state index contributed by atoms with van der Waals surface area (Å²) in [5, 5.41) is 1.05. The Labute approximate surface area is 181 Å². The van der Waals surface area contributed by atoms with Gasteiger partial charge in [-0.05, 0) is 38.8 Å². The van der Waals surface area contributed by atoms with Gasteiger partial charge in [-0.25, -0.2) is 0 Å². The fourth-order valence-corrected chi connectivity index (χ4v) is 5.10. The number of thioether (sulfide) groups is 1. The standard InChI is InChI=1S/C22H27N3O2S2/c1-5-15-10-9-11-17-16(12-18-21(27)25(8-4)22(28)29-18)13-24(20(15)17)14-19(26)23(6-2)7-3/h9-13H,5-8,14H2,1-4H3/b18-12-. The molecule has 2 amide bonds. The van der Waals surface area contributed by atoms with Crippen LogP contribution in [0.15, 0.2) is 29.3 Å². The number of rotatable bonds is 7. The van der Waals surface area contributed by atoms with E-state index in [0.717, 1.165) is 22.9 Å². The van der Waals surface area contributed by atoms with E-state index in [-0.39, 0.29) is 11.8 Å². The Morgan fingerprint density at radius 2 is 1.93 bits per heavy atom. The van der Waals surface area contributed by atoms with Gasteiger partial charge in [0.05, 0.1) is 10.4 Å². The molecule has 0 N–H and O–H groups in total. The number of aromatic nitrogens is 1. The number of aryl methyl sites for hydroxylation is 1. The Kier molecular flexibility index (Phi) is 6.80. The second kappa shape index (κ2) is 9.13. The summed E-state index contributed by atoms with van der Waals surface area (Å²) in [6.45, 7) is 10.3. The number of para-hydroxylation sites is 1. The molecule has 154 valence electrons. The second-order valence-electron chi connectivity index (χ2n) is 6.87. The van der Waals surface area contributed by atoms with Crippen molar-refractivity contribution in [3.63, 3.8) is 0 Å². The first-order valence-electron chi connectivity index (χ1n) is 10.1. The fraction of sp³-hybridized carbons (Fsp3) is 0.409. The van der Waals surface area contributed by atoms with Crippen LogP contribution >= 0.6 is 24.0 Å². The molecular weight excluding hydrogens is 402 g/mol. The topological polar surface area (TPSA) is 45.6 Å². The maximum absolute atomic E-state index is 12.8. The van der Waals surface area contributed by atoms with Gasteiger partial charge in [0.25, 0.3) is 5.91 Å². The van der Waals surface area contributed by atoms with Gasteiger partial charge in [0, 0.05) is 36.8 Å². The lowest BCUT2D eigenvalue weighted by Crippen LogP contribution is -2.33. The van der Waals surface area contributed by atoms with Crippen LogP contribution in [-0.4, -0.2) is 50.1 Å². The predicted octanol–water partition coefficient (Wildman–Crippen LogP) is 4.29. The van der Waals surface area contributed by atoms with Gasteiger partial charge in [0.1, 0.15) is 10.9 Å². The molecule has 1 aromatic heterocycles. The molecule has 7 heteroatoms. The van der Waals surface area contributed by atoms with Crippen LogP contribution in [0.2, 0.25) is 0 Å². The molecule has 1 fully saturated rings. The van der Waals surface area contributed by atoms with E-state index in [4.69, 9.17) is 12.2 Å². The van der Waals surface area contributed by atoms with Gasteiger partial charge in [-0.15, -0.1) is 0 Å². The number of hydrogen-bond donors (Lipinski definition) is 0. The molecule has 1 saturated heterocycles. The molecular formula is C22H27N3O2S2.